The van der Waals surface area contributed by atoms with Crippen molar-refractivity contribution < 1.29 is 21.2 Å². The van der Waals surface area contributed by atoms with Crippen molar-refractivity contribution >= 4 is 19.9 Å². The van der Waals surface area contributed by atoms with Crippen molar-refractivity contribution in [3.8, 4) is 0 Å². The van der Waals surface area contributed by atoms with Gasteiger partial charge in [-0.05, 0) is 25.0 Å². The normalized spacial score (nSPS) is 23.1. The lowest BCUT2D eigenvalue weighted by molar-refractivity contribution is 0.512. The van der Waals surface area contributed by atoms with Crippen molar-refractivity contribution in [3.05, 3.63) is 30.1 Å². The van der Waals surface area contributed by atoms with Crippen LogP contribution in [-0.2, 0) is 19.9 Å². The van der Waals surface area contributed by atoms with Crippen LogP contribution in [0.2, 0.25) is 0 Å². The zero-order valence-electron chi connectivity index (χ0n) is 10.0. The van der Waals surface area contributed by atoms with Crippen LogP contribution in [0.25, 0.3) is 0 Å². The van der Waals surface area contributed by atoms with Gasteiger partial charge in [0, 0.05) is 6.04 Å². The van der Waals surface area contributed by atoms with Crippen molar-refractivity contribution in [2.45, 2.75) is 23.8 Å². The van der Waals surface area contributed by atoms with Crippen molar-refractivity contribution in [3.63, 3.8) is 0 Å². The Morgan fingerprint density at radius 3 is 2.58 bits per heavy atom. The molecule has 1 N–H and O–H groups in total. The zero-order valence-corrected chi connectivity index (χ0v) is 11.7. The van der Waals surface area contributed by atoms with Crippen molar-refractivity contribution in [1.82, 2.24) is 4.72 Å². The Hall–Kier alpha value is -0.990. The van der Waals surface area contributed by atoms with Crippen LogP contribution >= 0.6 is 0 Å². The van der Waals surface area contributed by atoms with Gasteiger partial charge < -0.3 is 0 Å². The van der Waals surface area contributed by atoms with Crippen LogP contribution < -0.4 is 4.72 Å². The molecule has 1 saturated heterocycles. The van der Waals surface area contributed by atoms with E-state index < -0.39 is 36.6 Å². The molecule has 0 aromatic heterocycles. The summed E-state index contributed by atoms with van der Waals surface area (Å²) in [5.41, 5.74) is 0. The molecule has 5 nitrogen and oxygen atoms in total. The molecule has 1 fully saturated rings. The molecular formula is C11H14FNO4S2. The molecule has 0 aliphatic carbocycles. The Morgan fingerprint density at radius 2 is 1.95 bits per heavy atom. The Bertz CT molecular complexity index is 670. The minimum Gasteiger partial charge on any atom is -0.229 e. The van der Waals surface area contributed by atoms with Crippen LogP contribution in [0.4, 0.5) is 4.39 Å². The highest BCUT2D eigenvalue weighted by Crippen LogP contribution is 2.17. The second-order valence-corrected chi connectivity index (χ2v) is 8.42. The minimum atomic E-state index is -4.03. The van der Waals surface area contributed by atoms with E-state index in [4.69, 9.17) is 0 Å². The van der Waals surface area contributed by atoms with Crippen LogP contribution in [0.5, 0.6) is 0 Å². The second-order valence-electron chi connectivity index (χ2n) is 4.51. The van der Waals surface area contributed by atoms with Gasteiger partial charge in [0.2, 0.25) is 10.0 Å². The lowest BCUT2D eigenvalue weighted by Gasteiger charge is -2.22. The molecule has 1 atom stereocenters. The van der Waals surface area contributed by atoms with Gasteiger partial charge in [-0.3, -0.25) is 0 Å². The summed E-state index contributed by atoms with van der Waals surface area (Å²) < 4.78 is 62.6. The summed E-state index contributed by atoms with van der Waals surface area (Å²) in [7, 11) is -7.25. The number of sulfonamides is 1. The van der Waals surface area contributed by atoms with Gasteiger partial charge in [0.15, 0.2) is 9.84 Å². The fraction of sp³-hybridized carbons (Fsp3) is 0.455. The molecule has 1 aliphatic rings. The van der Waals surface area contributed by atoms with E-state index in [2.05, 4.69) is 4.72 Å². The lowest BCUT2D eigenvalue weighted by Crippen LogP contribution is -2.43. The molecule has 1 unspecified atom stereocenters. The van der Waals surface area contributed by atoms with E-state index in [0.717, 1.165) is 12.1 Å². The molecule has 1 heterocycles. The molecule has 1 aliphatic heterocycles. The van der Waals surface area contributed by atoms with Crippen molar-refractivity contribution in [1.29, 1.82) is 0 Å². The highest BCUT2D eigenvalue weighted by Gasteiger charge is 2.29. The third-order valence-corrected chi connectivity index (χ3v) is 6.29. The van der Waals surface area contributed by atoms with Crippen LogP contribution in [0, 0.1) is 5.82 Å². The van der Waals surface area contributed by atoms with Gasteiger partial charge in [-0.2, -0.15) is 0 Å². The number of sulfone groups is 1. The van der Waals surface area contributed by atoms with Gasteiger partial charge >= 0.3 is 0 Å². The summed E-state index contributed by atoms with van der Waals surface area (Å²) in [6.45, 7) is 0. The molecule has 0 saturated carbocycles. The quantitative estimate of drug-likeness (QED) is 0.890. The minimum absolute atomic E-state index is 0.0743. The van der Waals surface area contributed by atoms with Crippen LogP contribution in [0.1, 0.15) is 12.8 Å². The average molecular weight is 307 g/mol. The summed E-state index contributed by atoms with van der Waals surface area (Å²) in [5.74, 6) is -1.01. The van der Waals surface area contributed by atoms with E-state index in [1.807, 2.05) is 0 Å². The van der Waals surface area contributed by atoms with E-state index in [9.17, 15) is 21.2 Å². The summed E-state index contributed by atoms with van der Waals surface area (Å²) in [5, 5.41) is 0. The molecule has 106 valence electrons. The first-order valence-electron chi connectivity index (χ1n) is 5.77. The van der Waals surface area contributed by atoms with Gasteiger partial charge in [0.1, 0.15) is 10.7 Å². The Labute approximate surface area is 111 Å². The number of hydrogen-bond acceptors (Lipinski definition) is 4. The maximum atomic E-state index is 13.5. The number of nitrogens with one attached hydrogen (secondary N) is 1. The Kier molecular flexibility index (Phi) is 3.93. The van der Waals surface area contributed by atoms with Gasteiger partial charge in [-0.15, -0.1) is 0 Å². The standard InChI is InChI=1S/C11H14FNO4S2/c12-10-5-1-2-6-11(10)19(16,17)13-9-4-3-7-18(14,15)8-9/h1-2,5-6,9,13H,3-4,7-8H2. The molecule has 0 amide bonds. The maximum Gasteiger partial charge on any atom is 0.243 e. The largest absolute Gasteiger partial charge is 0.243 e. The average Bonchev–Trinajstić information content (AvgIpc) is 2.27. The molecule has 8 heteroatoms. The third kappa shape index (κ3) is 3.52. The Morgan fingerprint density at radius 1 is 1.26 bits per heavy atom. The second kappa shape index (κ2) is 5.18. The van der Waals surface area contributed by atoms with Gasteiger partial charge in [0.25, 0.3) is 0 Å². The topological polar surface area (TPSA) is 80.3 Å². The van der Waals surface area contributed by atoms with Gasteiger partial charge in [-0.1, -0.05) is 12.1 Å². The predicted octanol–water partition coefficient (Wildman–Crippen LogP) is 0.681. The lowest BCUT2D eigenvalue weighted by atomic mass is 10.2. The van der Waals surface area contributed by atoms with Crippen LogP contribution in [0.3, 0.4) is 0 Å². The highest BCUT2D eigenvalue weighted by molar-refractivity contribution is 7.91. The molecule has 0 bridgehead atoms. The number of halogens is 1. The SMILES string of the molecule is O=S1(=O)CCCC(NS(=O)(=O)c2ccccc2F)C1. The number of benzene rings is 1. The highest BCUT2D eigenvalue weighted by atomic mass is 32.2. The first kappa shape index (κ1) is 14.4. The summed E-state index contributed by atoms with van der Waals surface area (Å²) in [6.07, 6.45) is 0.847. The van der Waals surface area contributed by atoms with E-state index >= 15 is 0 Å². The van der Waals surface area contributed by atoms with E-state index in [1.165, 1.54) is 12.1 Å². The molecule has 0 radical (unpaired) electrons. The first-order chi connectivity index (χ1) is 8.80. The van der Waals surface area contributed by atoms with Crippen molar-refractivity contribution in [2.24, 2.45) is 0 Å². The monoisotopic (exact) mass is 307 g/mol. The van der Waals surface area contributed by atoms with Gasteiger partial charge in [0.05, 0.1) is 11.5 Å². The molecular weight excluding hydrogens is 293 g/mol. The number of hydrogen-bond donors (Lipinski definition) is 1. The predicted molar refractivity (Wildman–Crippen MR) is 68.4 cm³/mol. The fourth-order valence-electron chi connectivity index (χ4n) is 2.06. The van der Waals surface area contributed by atoms with Gasteiger partial charge in [-0.25, -0.2) is 25.9 Å². The third-order valence-electron chi connectivity index (χ3n) is 2.91. The summed E-state index contributed by atoms with van der Waals surface area (Å²) >= 11 is 0. The van der Waals surface area contributed by atoms with Crippen LogP contribution in [0.15, 0.2) is 29.2 Å². The summed E-state index contributed by atoms with van der Waals surface area (Å²) in [6, 6.07) is 4.30. The molecule has 2 rings (SSSR count). The van der Waals surface area contributed by atoms with E-state index in [0.29, 0.717) is 12.8 Å². The van der Waals surface area contributed by atoms with Crippen molar-refractivity contribution in [2.75, 3.05) is 11.5 Å². The smallest absolute Gasteiger partial charge is 0.229 e. The fourth-order valence-corrected chi connectivity index (χ4v) is 5.15. The number of rotatable bonds is 3. The molecule has 19 heavy (non-hydrogen) atoms. The molecule has 0 spiro atoms. The summed E-state index contributed by atoms with van der Waals surface area (Å²) in [4.78, 5) is -0.460. The zero-order chi connectivity index (χ0) is 14.1. The Balaban J connectivity index is 2.21. The van der Waals surface area contributed by atoms with E-state index in [-0.39, 0.29) is 11.5 Å². The maximum absolute atomic E-state index is 13.5. The molecule has 1 aromatic rings. The molecule has 1 aromatic carbocycles. The first-order valence-corrected chi connectivity index (χ1v) is 9.08. The van der Waals surface area contributed by atoms with Crippen LogP contribution in [-0.4, -0.2) is 34.4 Å². The van der Waals surface area contributed by atoms with E-state index in [1.54, 1.807) is 0 Å².